The van der Waals surface area contributed by atoms with E-state index in [0.717, 1.165) is 18.7 Å². The Morgan fingerprint density at radius 3 is 2.60 bits per heavy atom. The Morgan fingerprint density at radius 1 is 1.20 bits per heavy atom. The Morgan fingerprint density at radius 2 is 1.95 bits per heavy atom. The van der Waals surface area contributed by atoms with E-state index >= 15 is 0 Å². The van der Waals surface area contributed by atoms with E-state index < -0.39 is 0 Å². The summed E-state index contributed by atoms with van der Waals surface area (Å²) in [4.78, 5) is 9.05. The van der Waals surface area contributed by atoms with Crippen LogP contribution in [0.4, 0.5) is 5.82 Å². The van der Waals surface area contributed by atoms with Crippen LogP contribution in [0, 0.1) is 0 Å². The normalized spacial score (nSPS) is 17.4. The number of hydrogen-bond donors (Lipinski definition) is 1. The van der Waals surface area contributed by atoms with Crippen molar-refractivity contribution in [3.05, 3.63) is 23.9 Å². The molecule has 2 N–H and O–H groups in total. The molecule has 0 bridgehead atoms. The zero-order valence-electron chi connectivity index (χ0n) is 12.4. The van der Waals surface area contributed by atoms with Gasteiger partial charge in [-0.2, -0.15) is 0 Å². The van der Waals surface area contributed by atoms with E-state index in [4.69, 9.17) is 5.73 Å². The lowest BCUT2D eigenvalue weighted by molar-refractivity contribution is 0.136. The van der Waals surface area contributed by atoms with Gasteiger partial charge in [-0.15, -0.1) is 0 Å². The molecule has 1 saturated heterocycles. The van der Waals surface area contributed by atoms with Gasteiger partial charge in [0.05, 0.1) is 0 Å². The first kappa shape index (κ1) is 15.2. The van der Waals surface area contributed by atoms with Crippen LogP contribution in [-0.2, 0) is 6.54 Å². The highest BCUT2D eigenvalue weighted by atomic mass is 15.3. The van der Waals surface area contributed by atoms with Crippen LogP contribution >= 0.6 is 0 Å². The molecule has 1 aromatic heterocycles. The van der Waals surface area contributed by atoms with Gasteiger partial charge in [0, 0.05) is 38.9 Å². The van der Waals surface area contributed by atoms with Crippen molar-refractivity contribution in [2.75, 3.05) is 45.8 Å². The minimum absolute atomic E-state index is 0.333. The Balaban J connectivity index is 1.52. The van der Waals surface area contributed by atoms with Crippen molar-refractivity contribution in [3.63, 3.8) is 0 Å². The Labute approximate surface area is 122 Å². The molecule has 0 aromatic carbocycles. The summed E-state index contributed by atoms with van der Waals surface area (Å²) in [7, 11) is 0. The molecule has 20 heavy (non-hydrogen) atoms. The highest BCUT2D eigenvalue weighted by molar-refractivity contribution is 5.25. The average molecular weight is 276 g/mol. The number of nitrogens with zero attached hydrogens (tertiary/aromatic N) is 3. The first-order valence-electron chi connectivity index (χ1n) is 7.60. The van der Waals surface area contributed by atoms with Gasteiger partial charge in [-0.25, -0.2) is 4.98 Å². The molecule has 1 aliphatic heterocycles. The van der Waals surface area contributed by atoms with Gasteiger partial charge in [-0.05, 0) is 37.7 Å². The van der Waals surface area contributed by atoms with E-state index in [1.54, 1.807) is 12.3 Å². The summed E-state index contributed by atoms with van der Waals surface area (Å²) < 4.78 is 0. The highest BCUT2D eigenvalue weighted by Gasteiger charge is 2.14. The van der Waals surface area contributed by atoms with Gasteiger partial charge in [-0.1, -0.05) is 13.0 Å². The summed E-state index contributed by atoms with van der Waals surface area (Å²) in [5, 5.41) is 3.44. The lowest BCUT2D eigenvalue weighted by Gasteiger charge is -2.33. The Bertz CT molecular complexity index is 370. The fourth-order valence-corrected chi connectivity index (χ4v) is 2.52. The largest absolute Gasteiger partial charge is 0.313 e. The second-order valence-electron chi connectivity index (χ2n) is 5.36. The van der Waals surface area contributed by atoms with Crippen molar-refractivity contribution in [2.45, 2.75) is 19.9 Å². The first-order valence-corrected chi connectivity index (χ1v) is 7.60. The molecule has 111 valence electrons. The number of pyridine rings is 1. The zero-order valence-corrected chi connectivity index (χ0v) is 12.4. The molecule has 0 unspecified atom stereocenters. The van der Waals surface area contributed by atoms with Crippen LogP contribution in [0.15, 0.2) is 18.3 Å². The quantitative estimate of drug-likeness (QED) is 0.758. The molecule has 0 aliphatic carbocycles. The van der Waals surface area contributed by atoms with Gasteiger partial charge in [0.2, 0.25) is 0 Å². The Hall–Kier alpha value is -1.17. The summed E-state index contributed by atoms with van der Waals surface area (Å²) in [5.41, 5.74) is 8.49. The van der Waals surface area contributed by atoms with Gasteiger partial charge in [0.15, 0.2) is 0 Å². The second kappa shape index (κ2) is 8.19. The fraction of sp³-hybridized carbons (Fsp3) is 0.667. The second-order valence-corrected chi connectivity index (χ2v) is 5.36. The van der Waals surface area contributed by atoms with Gasteiger partial charge < -0.3 is 15.1 Å². The number of nitrogens with one attached hydrogen (secondary N) is 2. The number of piperazine rings is 1. The smallest absolute Gasteiger partial charge is 0.144 e. The predicted molar refractivity (Wildman–Crippen MR) is 81.9 cm³/mol. The van der Waals surface area contributed by atoms with Crippen molar-refractivity contribution in [2.24, 2.45) is 0 Å². The fourth-order valence-electron chi connectivity index (χ4n) is 2.52. The van der Waals surface area contributed by atoms with Crippen molar-refractivity contribution in [3.8, 4) is 0 Å². The van der Waals surface area contributed by atoms with E-state index in [1.165, 1.54) is 45.7 Å². The lowest BCUT2D eigenvalue weighted by Crippen LogP contribution is -2.46. The molecule has 2 rings (SSSR count). The number of likely N-dealkylation sites (N-methyl/N-ethyl adjacent to an activating group) is 1. The monoisotopic (exact) mass is 276 g/mol. The third kappa shape index (κ3) is 5.07. The van der Waals surface area contributed by atoms with Crippen LogP contribution in [0.25, 0.3) is 0 Å². The van der Waals surface area contributed by atoms with Crippen molar-refractivity contribution < 1.29 is 0 Å². The van der Waals surface area contributed by atoms with Gasteiger partial charge >= 0.3 is 0 Å². The first-order chi connectivity index (χ1) is 9.78. The summed E-state index contributed by atoms with van der Waals surface area (Å²) >= 11 is 0. The number of aromatic nitrogens is 1. The minimum Gasteiger partial charge on any atom is -0.313 e. The van der Waals surface area contributed by atoms with Crippen molar-refractivity contribution >= 4 is 5.82 Å². The summed E-state index contributed by atoms with van der Waals surface area (Å²) in [6.45, 7) is 11.3. The third-order valence-electron chi connectivity index (χ3n) is 3.89. The SMILES string of the molecule is CCN1CCN(CCCNCc2ccc([NH])nc2)CC1. The molecular formula is C15H26N5. The predicted octanol–water partition coefficient (Wildman–Crippen LogP) is 1.11. The molecule has 1 fully saturated rings. The maximum Gasteiger partial charge on any atom is 0.144 e. The van der Waals surface area contributed by atoms with Gasteiger partial charge in [0.1, 0.15) is 5.82 Å². The molecule has 2 heterocycles. The molecule has 5 heteroatoms. The third-order valence-corrected chi connectivity index (χ3v) is 3.89. The lowest BCUT2D eigenvalue weighted by atomic mass is 10.2. The molecule has 5 nitrogen and oxygen atoms in total. The van der Waals surface area contributed by atoms with Crippen LogP contribution in [0.5, 0.6) is 0 Å². The molecule has 0 amide bonds. The van der Waals surface area contributed by atoms with Crippen LogP contribution in [0.3, 0.4) is 0 Å². The Kier molecular flexibility index (Phi) is 6.24. The standard InChI is InChI=1S/C15H26N5/c1-2-19-8-10-20(11-9-19)7-3-6-17-12-14-4-5-15(16)18-13-14/h4-5,13,16-17H,2-3,6-12H2,1H3. The minimum atomic E-state index is 0.333. The summed E-state index contributed by atoms with van der Waals surface area (Å²) in [6, 6.07) is 3.70. The topological polar surface area (TPSA) is 55.2 Å². The number of rotatable bonds is 7. The van der Waals surface area contributed by atoms with Crippen molar-refractivity contribution in [1.82, 2.24) is 25.8 Å². The highest BCUT2D eigenvalue weighted by Crippen LogP contribution is 2.03. The molecule has 1 aromatic rings. The molecule has 0 atom stereocenters. The van der Waals surface area contributed by atoms with Gasteiger partial charge in [-0.3, -0.25) is 5.73 Å². The molecule has 0 saturated carbocycles. The number of hydrogen-bond acceptors (Lipinski definition) is 4. The van der Waals surface area contributed by atoms with Crippen LogP contribution in [-0.4, -0.2) is 60.6 Å². The summed E-state index contributed by atoms with van der Waals surface area (Å²) in [5.74, 6) is 0.333. The van der Waals surface area contributed by atoms with Gasteiger partial charge in [0.25, 0.3) is 0 Å². The molecule has 1 radical (unpaired) electrons. The average Bonchev–Trinajstić information content (AvgIpc) is 2.49. The van der Waals surface area contributed by atoms with E-state index in [1.807, 2.05) is 6.07 Å². The van der Waals surface area contributed by atoms with E-state index in [9.17, 15) is 0 Å². The van der Waals surface area contributed by atoms with Crippen molar-refractivity contribution in [1.29, 1.82) is 0 Å². The maximum absolute atomic E-state index is 7.34. The zero-order chi connectivity index (χ0) is 14.2. The van der Waals surface area contributed by atoms with Crippen LogP contribution < -0.4 is 11.1 Å². The van der Waals surface area contributed by atoms with E-state index in [-0.39, 0.29) is 0 Å². The van der Waals surface area contributed by atoms with Crippen LogP contribution in [0.2, 0.25) is 0 Å². The molecular weight excluding hydrogens is 250 g/mol. The maximum atomic E-state index is 7.34. The molecule has 0 spiro atoms. The molecule has 1 aliphatic rings. The van der Waals surface area contributed by atoms with Crippen LogP contribution in [0.1, 0.15) is 18.9 Å². The van der Waals surface area contributed by atoms with E-state index in [0.29, 0.717) is 5.82 Å². The van der Waals surface area contributed by atoms with E-state index in [2.05, 4.69) is 27.0 Å². The summed E-state index contributed by atoms with van der Waals surface area (Å²) in [6.07, 6.45) is 2.97.